The second-order valence-electron chi connectivity index (χ2n) is 4.58. The number of aliphatic hydroxyl groups is 1. The molecule has 1 saturated heterocycles. The third kappa shape index (κ3) is 3.60. The van der Waals surface area contributed by atoms with E-state index in [1.807, 2.05) is 0 Å². The lowest BCUT2D eigenvalue weighted by Gasteiger charge is -2.18. The molecule has 2 N–H and O–H groups in total. The van der Waals surface area contributed by atoms with E-state index in [0.29, 0.717) is 17.3 Å². The minimum Gasteiger partial charge on any atom is -0.486 e. The molecule has 0 spiro atoms. The van der Waals surface area contributed by atoms with Crippen LogP contribution in [-0.4, -0.2) is 44.3 Å². The summed E-state index contributed by atoms with van der Waals surface area (Å²) in [5, 5.41) is 13.3. The van der Waals surface area contributed by atoms with Crippen LogP contribution in [0, 0.1) is 0 Å². The maximum absolute atomic E-state index is 11.4. The van der Waals surface area contributed by atoms with E-state index in [1.54, 1.807) is 25.2 Å². The zero-order valence-corrected chi connectivity index (χ0v) is 12.0. The summed E-state index contributed by atoms with van der Waals surface area (Å²) in [4.78, 5) is 0. The molecule has 1 fully saturated rings. The molecule has 1 aliphatic rings. The van der Waals surface area contributed by atoms with Crippen molar-refractivity contribution < 1.29 is 18.3 Å². The molecule has 2 unspecified atom stereocenters. The zero-order valence-electron chi connectivity index (χ0n) is 10.5. The monoisotopic (exact) mass is 305 g/mol. The van der Waals surface area contributed by atoms with Crippen LogP contribution in [0.5, 0.6) is 5.75 Å². The number of sulfone groups is 1. The second-order valence-corrected chi connectivity index (χ2v) is 7.17. The number of aliphatic hydroxyl groups excluding tert-OH is 1. The molecule has 0 amide bonds. The van der Waals surface area contributed by atoms with Crippen molar-refractivity contribution in [1.29, 1.82) is 0 Å². The van der Waals surface area contributed by atoms with Crippen molar-refractivity contribution in [3.63, 3.8) is 0 Å². The highest BCUT2D eigenvalue weighted by Gasteiger charge is 2.38. The Morgan fingerprint density at radius 1 is 1.47 bits per heavy atom. The minimum atomic E-state index is -3.21. The smallest absolute Gasteiger partial charge is 0.156 e. The number of hydrogen-bond donors (Lipinski definition) is 2. The first-order chi connectivity index (χ1) is 8.91. The van der Waals surface area contributed by atoms with Crippen LogP contribution < -0.4 is 10.1 Å². The molecule has 1 aromatic rings. The molecule has 0 bridgehead atoms. The van der Waals surface area contributed by atoms with Crippen LogP contribution in [-0.2, 0) is 16.4 Å². The van der Waals surface area contributed by atoms with Crippen LogP contribution in [0.15, 0.2) is 18.2 Å². The molecule has 7 heteroatoms. The molecule has 0 radical (unpaired) electrons. The Bertz CT molecular complexity index is 561. The van der Waals surface area contributed by atoms with Gasteiger partial charge in [0.05, 0.1) is 11.5 Å². The molecule has 19 heavy (non-hydrogen) atoms. The summed E-state index contributed by atoms with van der Waals surface area (Å²) < 4.78 is 28.5. The summed E-state index contributed by atoms with van der Waals surface area (Å²) in [5.74, 6) is 0.141. The van der Waals surface area contributed by atoms with Gasteiger partial charge in [-0.05, 0) is 25.2 Å². The Kier molecular flexibility index (Phi) is 4.35. The summed E-state index contributed by atoms with van der Waals surface area (Å²) in [5.41, 5.74) is 0.825. The van der Waals surface area contributed by atoms with Crippen molar-refractivity contribution in [3.8, 4) is 5.75 Å². The van der Waals surface area contributed by atoms with Crippen LogP contribution in [0.2, 0.25) is 5.02 Å². The van der Waals surface area contributed by atoms with Crippen molar-refractivity contribution in [2.75, 3.05) is 18.6 Å². The van der Waals surface area contributed by atoms with Crippen molar-refractivity contribution in [2.24, 2.45) is 0 Å². The highest BCUT2D eigenvalue weighted by atomic mass is 35.5. The minimum absolute atomic E-state index is 0.157. The normalized spacial score (nSPS) is 25.4. The van der Waals surface area contributed by atoms with Gasteiger partial charge in [0.15, 0.2) is 9.84 Å². The third-order valence-corrected chi connectivity index (χ3v) is 4.86. The summed E-state index contributed by atoms with van der Waals surface area (Å²) in [7, 11) is -1.42. The van der Waals surface area contributed by atoms with E-state index in [9.17, 15) is 13.5 Å². The quantitative estimate of drug-likeness (QED) is 0.852. The first-order valence-electron chi connectivity index (χ1n) is 5.89. The summed E-state index contributed by atoms with van der Waals surface area (Å²) in [6, 6.07) is 5.11. The Balaban J connectivity index is 2.19. The molecule has 106 valence electrons. The van der Waals surface area contributed by atoms with Crippen LogP contribution in [0.1, 0.15) is 5.56 Å². The standard InChI is InChI=1S/C12H16ClNO4S/c1-14-5-8-4-9(13)2-3-11(8)18-12-7-19(16,17)6-10(12)15/h2-4,10,12,14-15H,5-7H2,1H3. The first kappa shape index (κ1) is 14.6. The van der Waals surface area contributed by atoms with Gasteiger partial charge in [0.2, 0.25) is 0 Å². The van der Waals surface area contributed by atoms with Gasteiger partial charge < -0.3 is 15.2 Å². The van der Waals surface area contributed by atoms with Gasteiger partial charge in [-0.15, -0.1) is 0 Å². The average Bonchev–Trinajstić information content (AvgIpc) is 2.56. The Hall–Kier alpha value is -0.820. The van der Waals surface area contributed by atoms with Gasteiger partial charge >= 0.3 is 0 Å². The number of hydrogen-bond acceptors (Lipinski definition) is 5. The van der Waals surface area contributed by atoms with E-state index in [0.717, 1.165) is 5.56 Å². The Labute approximate surface area is 117 Å². The lowest BCUT2D eigenvalue weighted by molar-refractivity contribution is 0.0731. The number of ether oxygens (including phenoxy) is 1. The molecular weight excluding hydrogens is 290 g/mol. The largest absolute Gasteiger partial charge is 0.486 e. The predicted octanol–water partition coefficient (Wildman–Crippen LogP) is 0.596. The summed E-state index contributed by atoms with van der Waals surface area (Å²) >= 11 is 5.91. The highest BCUT2D eigenvalue weighted by Crippen LogP contribution is 2.26. The van der Waals surface area contributed by atoms with Gasteiger partial charge in [-0.25, -0.2) is 8.42 Å². The van der Waals surface area contributed by atoms with Crippen molar-refractivity contribution in [3.05, 3.63) is 28.8 Å². The number of nitrogens with one attached hydrogen (secondary N) is 1. The van der Waals surface area contributed by atoms with E-state index < -0.39 is 22.0 Å². The number of rotatable bonds is 4. The van der Waals surface area contributed by atoms with Gasteiger partial charge in [0, 0.05) is 17.1 Å². The van der Waals surface area contributed by atoms with Crippen molar-refractivity contribution in [2.45, 2.75) is 18.8 Å². The molecular formula is C12H16ClNO4S. The fourth-order valence-corrected chi connectivity index (χ4v) is 3.92. The maximum Gasteiger partial charge on any atom is 0.156 e. The summed E-state index contributed by atoms with van der Waals surface area (Å²) in [6.07, 6.45) is -1.70. The van der Waals surface area contributed by atoms with Gasteiger partial charge in [-0.3, -0.25) is 0 Å². The molecule has 1 aromatic carbocycles. The molecule has 5 nitrogen and oxygen atoms in total. The number of halogens is 1. The van der Waals surface area contributed by atoms with E-state index in [2.05, 4.69) is 5.32 Å². The van der Waals surface area contributed by atoms with Crippen molar-refractivity contribution in [1.82, 2.24) is 5.32 Å². The van der Waals surface area contributed by atoms with E-state index >= 15 is 0 Å². The highest BCUT2D eigenvalue weighted by molar-refractivity contribution is 7.91. The topological polar surface area (TPSA) is 75.6 Å². The Morgan fingerprint density at radius 3 is 2.79 bits per heavy atom. The molecule has 2 atom stereocenters. The Morgan fingerprint density at radius 2 is 2.21 bits per heavy atom. The molecule has 0 saturated carbocycles. The van der Waals surface area contributed by atoms with Crippen LogP contribution in [0.25, 0.3) is 0 Å². The molecule has 0 aliphatic carbocycles. The lowest BCUT2D eigenvalue weighted by atomic mass is 10.2. The third-order valence-electron chi connectivity index (χ3n) is 2.94. The second kappa shape index (κ2) is 5.66. The SMILES string of the molecule is CNCc1cc(Cl)ccc1OC1CS(=O)(=O)CC1O. The fourth-order valence-electron chi connectivity index (χ4n) is 2.06. The van der Waals surface area contributed by atoms with Crippen LogP contribution in [0.3, 0.4) is 0 Å². The van der Waals surface area contributed by atoms with Gasteiger partial charge in [0.1, 0.15) is 18.0 Å². The van der Waals surface area contributed by atoms with Gasteiger partial charge in [0.25, 0.3) is 0 Å². The predicted molar refractivity (Wildman–Crippen MR) is 73.3 cm³/mol. The van der Waals surface area contributed by atoms with E-state index in [4.69, 9.17) is 16.3 Å². The van der Waals surface area contributed by atoms with Crippen LogP contribution >= 0.6 is 11.6 Å². The van der Waals surface area contributed by atoms with Gasteiger partial charge in [-0.2, -0.15) is 0 Å². The zero-order chi connectivity index (χ0) is 14.0. The van der Waals surface area contributed by atoms with Gasteiger partial charge in [-0.1, -0.05) is 11.6 Å². The molecule has 2 rings (SSSR count). The van der Waals surface area contributed by atoms with Crippen LogP contribution in [0.4, 0.5) is 0 Å². The average molecular weight is 306 g/mol. The molecule has 0 aromatic heterocycles. The number of benzene rings is 1. The van der Waals surface area contributed by atoms with Crippen molar-refractivity contribution >= 4 is 21.4 Å². The van der Waals surface area contributed by atoms with E-state index in [-0.39, 0.29) is 11.5 Å². The van der Waals surface area contributed by atoms with E-state index in [1.165, 1.54) is 0 Å². The lowest BCUT2D eigenvalue weighted by Crippen LogP contribution is -2.30. The molecule has 1 aliphatic heterocycles. The summed E-state index contributed by atoms with van der Waals surface area (Å²) in [6.45, 7) is 0.547. The molecule has 1 heterocycles. The fraction of sp³-hybridized carbons (Fsp3) is 0.500. The maximum atomic E-state index is 11.4. The first-order valence-corrected chi connectivity index (χ1v) is 8.09.